The summed E-state index contributed by atoms with van der Waals surface area (Å²) in [6.45, 7) is 4.99. The van der Waals surface area contributed by atoms with Gasteiger partial charge in [0.25, 0.3) is 0 Å². The first-order chi connectivity index (χ1) is 13.0. The predicted octanol–water partition coefficient (Wildman–Crippen LogP) is 0.567. The zero-order chi connectivity index (χ0) is 19.0. The van der Waals surface area contributed by atoms with Gasteiger partial charge in [-0.2, -0.15) is 4.98 Å². The number of amides is 2. The minimum Gasteiger partial charge on any atom is -0.353 e. The Hall–Kier alpha value is -2.97. The summed E-state index contributed by atoms with van der Waals surface area (Å²) in [5, 5.41) is 3.89. The molecule has 2 aromatic heterocycles. The summed E-state index contributed by atoms with van der Waals surface area (Å²) in [4.78, 5) is 38.6. The van der Waals surface area contributed by atoms with E-state index in [0.717, 1.165) is 24.5 Å². The van der Waals surface area contributed by atoms with Crippen molar-refractivity contribution in [2.75, 3.05) is 44.7 Å². The molecule has 4 heterocycles. The number of carbonyl (C=O) groups is 2. The van der Waals surface area contributed by atoms with Crippen LogP contribution in [-0.2, 0) is 9.59 Å². The van der Waals surface area contributed by atoms with Crippen LogP contribution in [-0.4, -0.2) is 76.5 Å². The smallest absolute Gasteiger partial charge is 0.228 e. The van der Waals surface area contributed by atoms with E-state index >= 15 is 0 Å². The number of aromatic nitrogens is 3. The standard InChI is InChI=1S/C18H22N6O3/c1-12-20-17(21-27-12)13-3-4-15(19-10-13)23-5-7-24(8-6-23)18(26)14-9-16(25)22(2)11-14/h3-4,10,14H,5-9,11H2,1-2H3. The first-order valence-electron chi connectivity index (χ1n) is 9.05. The molecule has 2 aliphatic rings. The molecule has 0 bridgehead atoms. The van der Waals surface area contributed by atoms with Crippen LogP contribution in [0.25, 0.3) is 11.4 Å². The summed E-state index contributed by atoms with van der Waals surface area (Å²) in [5.41, 5.74) is 0.805. The van der Waals surface area contributed by atoms with Gasteiger partial charge in [-0.15, -0.1) is 0 Å². The topological polar surface area (TPSA) is 95.7 Å². The van der Waals surface area contributed by atoms with Gasteiger partial charge in [-0.3, -0.25) is 9.59 Å². The van der Waals surface area contributed by atoms with Gasteiger partial charge in [0.15, 0.2) is 0 Å². The lowest BCUT2D eigenvalue weighted by Crippen LogP contribution is -2.50. The molecule has 142 valence electrons. The Bertz CT molecular complexity index is 841. The minimum atomic E-state index is -0.204. The third-order valence-corrected chi connectivity index (χ3v) is 5.14. The van der Waals surface area contributed by atoms with Crippen LogP contribution in [0.3, 0.4) is 0 Å². The Morgan fingerprint density at radius 2 is 2.00 bits per heavy atom. The Labute approximate surface area is 156 Å². The van der Waals surface area contributed by atoms with Crippen molar-refractivity contribution in [3.05, 3.63) is 24.2 Å². The Morgan fingerprint density at radius 3 is 2.56 bits per heavy atom. The van der Waals surface area contributed by atoms with E-state index < -0.39 is 0 Å². The fraction of sp³-hybridized carbons (Fsp3) is 0.500. The van der Waals surface area contributed by atoms with E-state index in [1.54, 1.807) is 25.1 Å². The number of rotatable bonds is 3. The van der Waals surface area contributed by atoms with E-state index in [2.05, 4.69) is 20.0 Å². The maximum atomic E-state index is 12.6. The molecule has 4 rings (SSSR count). The number of pyridine rings is 1. The molecule has 2 amide bonds. The lowest BCUT2D eigenvalue weighted by molar-refractivity contribution is -0.136. The first kappa shape index (κ1) is 17.4. The lowest BCUT2D eigenvalue weighted by atomic mass is 10.1. The summed E-state index contributed by atoms with van der Waals surface area (Å²) in [7, 11) is 1.75. The number of aryl methyl sites for hydroxylation is 1. The number of piperazine rings is 1. The molecule has 0 spiro atoms. The second kappa shape index (κ2) is 6.98. The van der Waals surface area contributed by atoms with Crippen molar-refractivity contribution in [1.29, 1.82) is 0 Å². The van der Waals surface area contributed by atoms with Crippen molar-refractivity contribution in [1.82, 2.24) is 24.9 Å². The SMILES string of the molecule is Cc1nc(-c2ccc(N3CCN(C(=O)C4CC(=O)N(C)C4)CC3)nc2)no1. The van der Waals surface area contributed by atoms with Crippen molar-refractivity contribution in [3.63, 3.8) is 0 Å². The van der Waals surface area contributed by atoms with Gasteiger partial charge in [0, 0.05) is 64.9 Å². The summed E-state index contributed by atoms with van der Waals surface area (Å²) in [6.07, 6.45) is 2.06. The number of hydrogen-bond donors (Lipinski definition) is 0. The Morgan fingerprint density at radius 1 is 1.22 bits per heavy atom. The van der Waals surface area contributed by atoms with Crippen molar-refractivity contribution >= 4 is 17.6 Å². The molecule has 0 saturated carbocycles. The van der Waals surface area contributed by atoms with Gasteiger partial charge in [0.1, 0.15) is 5.82 Å². The van der Waals surface area contributed by atoms with Crippen LogP contribution in [0.4, 0.5) is 5.82 Å². The van der Waals surface area contributed by atoms with Crippen molar-refractivity contribution in [2.24, 2.45) is 5.92 Å². The van der Waals surface area contributed by atoms with Gasteiger partial charge < -0.3 is 19.2 Å². The largest absolute Gasteiger partial charge is 0.353 e. The molecule has 0 radical (unpaired) electrons. The number of anilines is 1. The number of hydrogen-bond acceptors (Lipinski definition) is 7. The molecule has 0 N–H and O–H groups in total. The van der Waals surface area contributed by atoms with Crippen LogP contribution in [0.2, 0.25) is 0 Å². The van der Waals surface area contributed by atoms with E-state index in [9.17, 15) is 9.59 Å². The molecule has 2 saturated heterocycles. The van der Waals surface area contributed by atoms with Crippen molar-refractivity contribution in [3.8, 4) is 11.4 Å². The highest BCUT2D eigenvalue weighted by atomic mass is 16.5. The predicted molar refractivity (Wildman–Crippen MR) is 96.8 cm³/mol. The van der Waals surface area contributed by atoms with Crippen LogP contribution in [0.5, 0.6) is 0 Å². The van der Waals surface area contributed by atoms with Crippen LogP contribution in [0.15, 0.2) is 22.9 Å². The van der Waals surface area contributed by atoms with E-state index in [4.69, 9.17) is 4.52 Å². The van der Waals surface area contributed by atoms with Crippen molar-refractivity contribution < 1.29 is 14.1 Å². The molecular weight excluding hydrogens is 348 g/mol. The molecule has 2 aliphatic heterocycles. The van der Waals surface area contributed by atoms with Gasteiger partial charge in [0.05, 0.1) is 5.92 Å². The number of likely N-dealkylation sites (tertiary alicyclic amines) is 1. The molecule has 0 aliphatic carbocycles. The summed E-state index contributed by atoms with van der Waals surface area (Å²) >= 11 is 0. The average molecular weight is 370 g/mol. The molecule has 1 unspecified atom stereocenters. The van der Waals surface area contributed by atoms with Crippen LogP contribution >= 0.6 is 0 Å². The fourth-order valence-electron chi connectivity index (χ4n) is 3.57. The second-order valence-corrected chi connectivity index (χ2v) is 7.03. The molecule has 0 aromatic carbocycles. The first-order valence-corrected chi connectivity index (χ1v) is 9.05. The molecule has 9 heteroatoms. The highest BCUT2D eigenvalue weighted by molar-refractivity contribution is 5.89. The normalized spacial score (nSPS) is 20.4. The van der Waals surface area contributed by atoms with Gasteiger partial charge in [-0.1, -0.05) is 5.16 Å². The summed E-state index contributed by atoms with van der Waals surface area (Å²) in [6, 6.07) is 3.85. The van der Waals surface area contributed by atoms with Crippen LogP contribution in [0.1, 0.15) is 12.3 Å². The fourth-order valence-corrected chi connectivity index (χ4v) is 3.57. The summed E-state index contributed by atoms with van der Waals surface area (Å²) in [5.74, 6) is 1.84. The van der Waals surface area contributed by atoms with Gasteiger partial charge in [-0.05, 0) is 12.1 Å². The lowest BCUT2D eigenvalue weighted by Gasteiger charge is -2.36. The highest BCUT2D eigenvalue weighted by Crippen LogP contribution is 2.22. The third kappa shape index (κ3) is 3.49. The quantitative estimate of drug-likeness (QED) is 0.779. The molecule has 2 aromatic rings. The molecule has 27 heavy (non-hydrogen) atoms. The molecule has 9 nitrogen and oxygen atoms in total. The summed E-state index contributed by atoms with van der Waals surface area (Å²) < 4.78 is 4.99. The van der Waals surface area contributed by atoms with Crippen LogP contribution < -0.4 is 4.90 Å². The maximum absolute atomic E-state index is 12.6. The highest BCUT2D eigenvalue weighted by Gasteiger charge is 2.35. The Kier molecular flexibility index (Phi) is 4.51. The van der Waals surface area contributed by atoms with Gasteiger partial charge in [-0.25, -0.2) is 4.98 Å². The van der Waals surface area contributed by atoms with Crippen LogP contribution in [0, 0.1) is 12.8 Å². The van der Waals surface area contributed by atoms with Crippen molar-refractivity contribution in [2.45, 2.75) is 13.3 Å². The third-order valence-electron chi connectivity index (χ3n) is 5.14. The average Bonchev–Trinajstić information content (AvgIpc) is 3.27. The zero-order valence-corrected chi connectivity index (χ0v) is 15.5. The van der Waals surface area contributed by atoms with E-state index in [0.29, 0.717) is 37.8 Å². The van der Waals surface area contributed by atoms with E-state index in [1.165, 1.54) is 0 Å². The number of nitrogens with zero attached hydrogens (tertiary/aromatic N) is 6. The second-order valence-electron chi connectivity index (χ2n) is 7.03. The monoisotopic (exact) mass is 370 g/mol. The maximum Gasteiger partial charge on any atom is 0.228 e. The van der Waals surface area contributed by atoms with E-state index in [-0.39, 0.29) is 17.7 Å². The molecular formula is C18H22N6O3. The Balaban J connectivity index is 1.35. The zero-order valence-electron chi connectivity index (χ0n) is 15.5. The molecule has 1 atom stereocenters. The molecule has 2 fully saturated rings. The van der Waals surface area contributed by atoms with Gasteiger partial charge in [0.2, 0.25) is 23.5 Å². The van der Waals surface area contributed by atoms with E-state index in [1.807, 2.05) is 17.0 Å². The minimum absolute atomic E-state index is 0.0491. The van der Waals surface area contributed by atoms with Gasteiger partial charge >= 0.3 is 0 Å². The number of carbonyl (C=O) groups excluding carboxylic acids is 2.